The van der Waals surface area contributed by atoms with Crippen LogP contribution in [0.3, 0.4) is 0 Å². The number of amides is 2. The summed E-state index contributed by atoms with van der Waals surface area (Å²) in [6.07, 6.45) is 0. The minimum atomic E-state index is -0.263. The molecule has 2 amide bonds. The van der Waals surface area contributed by atoms with Gasteiger partial charge in [-0.25, -0.2) is 4.98 Å². The minimum absolute atomic E-state index is 0.0824. The summed E-state index contributed by atoms with van der Waals surface area (Å²) in [5.41, 5.74) is 2.03. The molecule has 3 rings (SSSR count). The molecule has 3 aromatic rings. The Labute approximate surface area is 170 Å². The highest BCUT2D eigenvalue weighted by atomic mass is 35.5. The van der Waals surface area contributed by atoms with Gasteiger partial charge in [0.2, 0.25) is 5.91 Å². The highest BCUT2D eigenvalue weighted by molar-refractivity contribution is 8.01. The van der Waals surface area contributed by atoms with Gasteiger partial charge < -0.3 is 10.6 Å². The second-order valence-corrected chi connectivity index (χ2v) is 8.11. The van der Waals surface area contributed by atoms with Crippen LogP contribution >= 0.6 is 34.7 Å². The normalized spacial score (nSPS) is 10.4. The van der Waals surface area contributed by atoms with Crippen LogP contribution in [0, 0.1) is 0 Å². The number of carbonyl (C=O) groups excluding carboxylic acids is 2. The Morgan fingerprint density at radius 1 is 1.15 bits per heavy atom. The third kappa shape index (κ3) is 5.09. The van der Waals surface area contributed by atoms with E-state index in [1.54, 1.807) is 31.3 Å². The molecule has 27 heavy (non-hydrogen) atoms. The number of thiazole rings is 1. The highest BCUT2D eigenvalue weighted by Crippen LogP contribution is 2.37. The fraction of sp³-hybridized carbons (Fsp3) is 0.105. The van der Waals surface area contributed by atoms with Crippen LogP contribution in [0.1, 0.15) is 10.4 Å². The zero-order valence-corrected chi connectivity index (χ0v) is 16.8. The number of nitrogens with zero attached hydrogens (tertiary/aromatic N) is 1. The molecule has 0 saturated carbocycles. The summed E-state index contributed by atoms with van der Waals surface area (Å²) in [7, 11) is 1.59. The van der Waals surface area contributed by atoms with E-state index in [-0.39, 0.29) is 17.6 Å². The molecular weight excluding hydrogens is 402 g/mol. The van der Waals surface area contributed by atoms with Gasteiger partial charge in [0, 0.05) is 23.2 Å². The summed E-state index contributed by atoms with van der Waals surface area (Å²) in [5.74, 6) is -0.0814. The van der Waals surface area contributed by atoms with E-state index in [4.69, 9.17) is 11.6 Å². The van der Waals surface area contributed by atoms with Gasteiger partial charge in [0.15, 0.2) is 4.34 Å². The number of hydrogen-bond acceptors (Lipinski definition) is 5. The van der Waals surface area contributed by atoms with Gasteiger partial charge in [-0.3, -0.25) is 9.59 Å². The van der Waals surface area contributed by atoms with Crippen LogP contribution < -0.4 is 10.6 Å². The van der Waals surface area contributed by atoms with Crippen molar-refractivity contribution in [2.45, 2.75) is 4.34 Å². The predicted octanol–water partition coefficient (Wildman–Crippen LogP) is 4.55. The van der Waals surface area contributed by atoms with Crippen LogP contribution in [0.4, 0.5) is 5.00 Å². The Kier molecular flexibility index (Phi) is 6.49. The first kappa shape index (κ1) is 19.4. The Balaban J connectivity index is 1.88. The number of benzene rings is 2. The molecule has 0 saturated heterocycles. The predicted molar refractivity (Wildman–Crippen MR) is 112 cm³/mol. The van der Waals surface area contributed by atoms with Crippen LogP contribution in [0.25, 0.3) is 11.3 Å². The van der Waals surface area contributed by atoms with Gasteiger partial charge in [0.1, 0.15) is 10.7 Å². The number of rotatable bonds is 6. The maximum Gasteiger partial charge on any atom is 0.256 e. The first-order valence-corrected chi connectivity index (χ1v) is 10.2. The first-order chi connectivity index (χ1) is 13.1. The first-order valence-electron chi connectivity index (χ1n) is 8.03. The lowest BCUT2D eigenvalue weighted by Crippen LogP contribution is -2.19. The SMILES string of the molecule is CNC(=O)CSc1nc(-c2ccccc2)c(NC(=O)c2cccc(Cl)c2)s1. The molecule has 0 bridgehead atoms. The van der Waals surface area contributed by atoms with Crippen molar-refractivity contribution < 1.29 is 9.59 Å². The molecular formula is C19H16ClN3O2S2. The fourth-order valence-corrected chi connectivity index (χ4v) is 4.37. The fourth-order valence-electron chi connectivity index (χ4n) is 2.24. The zero-order valence-electron chi connectivity index (χ0n) is 14.4. The standard InChI is InChI=1S/C19H16ClN3O2S2/c1-21-15(24)11-26-19-22-16(12-6-3-2-4-7-12)18(27-19)23-17(25)13-8-5-9-14(20)10-13/h2-10H,11H2,1H3,(H,21,24)(H,23,25). The van der Waals surface area contributed by atoms with Crippen LogP contribution in [-0.4, -0.2) is 29.6 Å². The molecule has 1 heterocycles. The molecule has 8 heteroatoms. The van der Waals surface area contributed by atoms with Crippen LogP contribution in [0.5, 0.6) is 0 Å². The van der Waals surface area contributed by atoms with E-state index in [2.05, 4.69) is 15.6 Å². The maximum atomic E-state index is 12.6. The largest absolute Gasteiger partial charge is 0.358 e. The number of anilines is 1. The van der Waals surface area contributed by atoms with E-state index in [0.717, 1.165) is 5.56 Å². The molecule has 0 aliphatic heterocycles. The summed E-state index contributed by atoms with van der Waals surface area (Å²) in [5, 5.41) is 6.63. The average molecular weight is 418 g/mol. The smallest absolute Gasteiger partial charge is 0.256 e. The molecule has 1 aromatic heterocycles. The lowest BCUT2D eigenvalue weighted by atomic mass is 10.1. The van der Waals surface area contributed by atoms with Crippen molar-refractivity contribution in [3.63, 3.8) is 0 Å². The number of hydrogen-bond donors (Lipinski definition) is 2. The highest BCUT2D eigenvalue weighted by Gasteiger charge is 2.17. The molecule has 0 atom stereocenters. The van der Waals surface area contributed by atoms with Crippen molar-refractivity contribution in [1.82, 2.24) is 10.3 Å². The molecule has 0 aliphatic carbocycles. The molecule has 0 aliphatic rings. The summed E-state index contributed by atoms with van der Waals surface area (Å²) in [6, 6.07) is 16.4. The van der Waals surface area contributed by atoms with Gasteiger partial charge in [-0.15, -0.1) is 0 Å². The molecule has 0 radical (unpaired) electrons. The van der Waals surface area contributed by atoms with Crippen molar-refractivity contribution in [2.75, 3.05) is 18.1 Å². The third-order valence-electron chi connectivity index (χ3n) is 3.57. The number of nitrogens with one attached hydrogen (secondary N) is 2. The average Bonchev–Trinajstić information content (AvgIpc) is 3.09. The van der Waals surface area contributed by atoms with E-state index in [1.165, 1.54) is 23.1 Å². The molecule has 0 unspecified atom stereocenters. The van der Waals surface area contributed by atoms with Gasteiger partial charge in [-0.2, -0.15) is 0 Å². The molecule has 2 aromatic carbocycles. The number of carbonyl (C=O) groups is 2. The monoisotopic (exact) mass is 417 g/mol. The van der Waals surface area contributed by atoms with E-state index < -0.39 is 0 Å². The Morgan fingerprint density at radius 3 is 2.63 bits per heavy atom. The topological polar surface area (TPSA) is 71.1 Å². The van der Waals surface area contributed by atoms with Gasteiger partial charge in [-0.05, 0) is 18.2 Å². The molecule has 5 nitrogen and oxygen atoms in total. The number of halogens is 1. The van der Waals surface area contributed by atoms with Crippen molar-refractivity contribution in [1.29, 1.82) is 0 Å². The number of thioether (sulfide) groups is 1. The van der Waals surface area contributed by atoms with Gasteiger partial charge in [-0.1, -0.05) is 71.1 Å². The zero-order chi connectivity index (χ0) is 19.2. The van der Waals surface area contributed by atoms with Crippen molar-refractivity contribution in [3.8, 4) is 11.3 Å². The van der Waals surface area contributed by atoms with Gasteiger partial charge in [0.05, 0.1) is 5.75 Å². The van der Waals surface area contributed by atoms with E-state index >= 15 is 0 Å². The van der Waals surface area contributed by atoms with E-state index in [9.17, 15) is 9.59 Å². The number of aromatic nitrogens is 1. The maximum absolute atomic E-state index is 12.6. The lowest BCUT2D eigenvalue weighted by molar-refractivity contribution is -0.118. The summed E-state index contributed by atoms with van der Waals surface area (Å²) in [4.78, 5) is 28.7. The molecule has 0 spiro atoms. The second kappa shape index (κ2) is 9.03. The van der Waals surface area contributed by atoms with Crippen LogP contribution in [0.2, 0.25) is 5.02 Å². The molecule has 138 valence electrons. The Bertz CT molecular complexity index is 961. The molecule has 0 fully saturated rings. The van der Waals surface area contributed by atoms with Crippen molar-refractivity contribution in [3.05, 3.63) is 65.2 Å². The van der Waals surface area contributed by atoms with E-state index in [0.29, 0.717) is 25.6 Å². The van der Waals surface area contributed by atoms with Crippen LogP contribution in [0.15, 0.2) is 58.9 Å². The Morgan fingerprint density at radius 2 is 1.93 bits per heavy atom. The summed E-state index contributed by atoms with van der Waals surface area (Å²) >= 11 is 8.65. The van der Waals surface area contributed by atoms with Crippen LogP contribution in [-0.2, 0) is 4.79 Å². The lowest BCUT2D eigenvalue weighted by Gasteiger charge is -2.05. The third-order valence-corrected chi connectivity index (χ3v) is 5.92. The quantitative estimate of drug-likeness (QED) is 0.577. The Hall–Kier alpha value is -2.35. The van der Waals surface area contributed by atoms with Gasteiger partial charge >= 0.3 is 0 Å². The minimum Gasteiger partial charge on any atom is -0.358 e. The van der Waals surface area contributed by atoms with E-state index in [1.807, 2.05) is 30.3 Å². The molecule has 2 N–H and O–H groups in total. The summed E-state index contributed by atoms with van der Waals surface area (Å²) < 4.78 is 0.707. The van der Waals surface area contributed by atoms with Gasteiger partial charge in [0.25, 0.3) is 5.91 Å². The van der Waals surface area contributed by atoms with Crippen molar-refractivity contribution in [2.24, 2.45) is 0 Å². The summed E-state index contributed by atoms with van der Waals surface area (Å²) in [6.45, 7) is 0. The second-order valence-electron chi connectivity index (χ2n) is 5.45. The van der Waals surface area contributed by atoms with Crippen molar-refractivity contribution >= 4 is 51.5 Å².